The highest BCUT2D eigenvalue weighted by Gasteiger charge is 2.25. The highest BCUT2D eigenvalue weighted by atomic mass is 32.1. The number of amides is 1. The van der Waals surface area contributed by atoms with Crippen LogP contribution in [0.5, 0.6) is 0 Å². The van der Waals surface area contributed by atoms with Crippen LogP contribution in [0.3, 0.4) is 0 Å². The summed E-state index contributed by atoms with van der Waals surface area (Å²) >= 11 is 1.55. The second-order valence-corrected chi connectivity index (χ2v) is 6.91. The molecule has 1 aliphatic rings. The Balaban J connectivity index is 1.42. The summed E-state index contributed by atoms with van der Waals surface area (Å²) in [6.45, 7) is 1.66. The molecule has 6 heteroatoms. The highest BCUT2D eigenvalue weighted by molar-refractivity contribution is 7.09. The molecule has 0 unspecified atom stereocenters. The van der Waals surface area contributed by atoms with Gasteiger partial charge in [0, 0.05) is 41.9 Å². The molecular weight excluding hydrogens is 308 g/mol. The third-order valence-electron chi connectivity index (χ3n) is 4.58. The molecule has 0 bridgehead atoms. The van der Waals surface area contributed by atoms with Gasteiger partial charge in [-0.05, 0) is 36.5 Å². The molecule has 1 fully saturated rings. The van der Waals surface area contributed by atoms with Crippen LogP contribution in [-0.2, 0) is 11.2 Å². The fraction of sp³-hybridized carbons (Fsp3) is 0.353. The topological polar surface area (TPSA) is 61.9 Å². The number of likely N-dealkylation sites (tertiary alicyclic amines) is 1. The van der Waals surface area contributed by atoms with Crippen LogP contribution in [-0.4, -0.2) is 38.8 Å². The molecule has 1 aliphatic heterocycles. The fourth-order valence-corrected chi connectivity index (χ4v) is 3.93. The predicted octanol–water partition coefficient (Wildman–Crippen LogP) is 2.97. The average molecular weight is 326 g/mol. The van der Waals surface area contributed by atoms with Gasteiger partial charge in [-0.15, -0.1) is 11.3 Å². The van der Waals surface area contributed by atoms with Crippen LogP contribution in [0.1, 0.15) is 29.2 Å². The van der Waals surface area contributed by atoms with Gasteiger partial charge in [0.25, 0.3) is 0 Å². The normalized spacial score (nSPS) is 16.1. The number of fused-ring (bicyclic) bond motifs is 1. The zero-order chi connectivity index (χ0) is 15.6. The van der Waals surface area contributed by atoms with E-state index in [2.05, 4.69) is 27.2 Å². The van der Waals surface area contributed by atoms with Crippen LogP contribution in [0.15, 0.2) is 36.2 Å². The molecule has 0 atom stereocenters. The van der Waals surface area contributed by atoms with Crippen LogP contribution in [0.4, 0.5) is 0 Å². The molecule has 0 aromatic carbocycles. The smallest absolute Gasteiger partial charge is 0.227 e. The van der Waals surface area contributed by atoms with Crippen molar-refractivity contribution in [2.45, 2.75) is 25.2 Å². The summed E-state index contributed by atoms with van der Waals surface area (Å²) in [5.74, 6) is 0.716. The van der Waals surface area contributed by atoms with E-state index >= 15 is 0 Å². The fourth-order valence-electron chi connectivity index (χ4n) is 3.35. The molecule has 3 aromatic heterocycles. The van der Waals surface area contributed by atoms with Crippen LogP contribution in [0.25, 0.3) is 11.0 Å². The van der Waals surface area contributed by atoms with Crippen molar-refractivity contribution in [1.82, 2.24) is 19.9 Å². The maximum atomic E-state index is 12.4. The zero-order valence-corrected chi connectivity index (χ0v) is 13.6. The Labute approximate surface area is 138 Å². The Morgan fingerprint density at radius 3 is 3.04 bits per heavy atom. The first-order valence-electron chi connectivity index (χ1n) is 7.88. The summed E-state index contributed by atoms with van der Waals surface area (Å²) in [5.41, 5.74) is 4.06. The quantitative estimate of drug-likeness (QED) is 0.805. The van der Waals surface area contributed by atoms with Crippen molar-refractivity contribution in [3.63, 3.8) is 0 Å². The number of pyridine rings is 1. The summed E-state index contributed by atoms with van der Waals surface area (Å²) in [6, 6.07) is 4.10. The minimum Gasteiger partial charge on any atom is -0.346 e. The van der Waals surface area contributed by atoms with Crippen molar-refractivity contribution >= 4 is 28.3 Å². The number of nitrogens with one attached hydrogen (secondary N) is 1. The summed E-state index contributed by atoms with van der Waals surface area (Å²) < 4.78 is 0. The van der Waals surface area contributed by atoms with Gasteiger partial charge in [0.15, 0.2) is 0 Å². The Hall–Kier alpha value is -2.21. The van der Waals surface area contributed by atoms with Crippen LogP contribution >= 0.6 is 11.3 Å². The largest absolute Gasteiger partial charge is 0.346 e. The lowest BCUT2D eigenvalue weighted by Gasteiger charge is -2.32. The van der Waals surface area contributed by atoms with Gasteiger partial charge in [-0.3, -0.25) is 9.78 Å². The van der Waals surface area contributed by atoms with E-state index in [-0.39, 0.29) is 5.91 Å². The number of thiazole rings is 1. The number of H-pyrrole nitrogens is 1. The third kappa shape index (κ3) is 2.86. The van der Waals surface area contributed by atoms with Crippen molar-refractivity contribution in [2.75, 3.05) is 13.1 Å². The lowest BCUT2D eigenvalue weighted by molar-refractivity contribution is -0.131. The standard InChI is InChI=1S/C17H18N4OS/c22-16(8-13-9-18-11-23-13)21-6-3-12(4-7-21)15-10-20-17-14(15)2-1-5-19-17/h1-2,5,9-12H,3-4,6-8H2,(H,19,20). The summed E-state index contributed by atoms with van der Waals surface area (Å²) in [7, 11) is 0. The SMILES string of the molecule is O=C(Cc1cncs1)N1CCC(c2c[nH]c3ncccc23)CC1. The molecule has 3 aromatic rings. The molecule has 4 heterocycles. The maximum absolute atomic E-state index is 12.4. The molecule has 5 nitrogen and oxygen atoms in total. The Morgan fingerprint density at radius 2 is 2.26 bits per heavy atom. The first-order valence-corrected chi connectivity index (χ1v) is 8.76. The van der Waals surface area contributed by atoms with E-state index in [1.807, 2.05) is 17.2 Å². The number of carbonyl (C=O) groups is 1. The van der Waals surface area contributed by atoms with Gasteiger partial charge >= 0.3 is 0 Å². The number of hydrogen-bond donors (Lipinski definition) is 1. The number of piperidine rings is 1. The van der Waals surface area contributed by atoms with Gasteiger partial charge in [-0.1, -0.05) is 0 Å². The van der Waals surface area contributed by atoms with Gasteiger partial charge < -0.3 is 9.88 Å². The maximum Gasteiger partial charge on any atom is 0.227 e. The zero-order valence-electron chi connectivity index (χ0n) is 12.7. The van der Waals surface area contributed by atoms with Crippen LogP contribution < -0.4 is 0 Å². The number of carbonyl (C=O) groups excluding carboxylic acids is 1. The minimum absolute atomic E-state index is 0.216. The van der Waals surface area contributed by atoms with E-state index in [0.717, 1.165) is 36.5 Å². The third-order valence-corrected chi connectivity index (χ3v) is 5.36. The number of hydrogen-bond acceptors (Lipinski definition) is 4. The molecule has 1 N–H and O–H groups in total. The van der Waals surface area contributed by atoms with E-state index in [0.29, 0.717) is 12.3 Å². The van der Waals surface area contributed by atoms with Gasteiger partial charge in [-0.25, -0.2) is 4.98 Å². The Morgan fingerprint density at radius 1 is 1.39 bits per heavy atom. The molecule has 1 amide bonds. The van der Waals surface area contributed by atoms with Crippen molar-refractivity contribution in [3.8, 4) is 0 Å². The number of rotatable bonds is 3. The number of aromatic nitrogens is 3. The van der Waals surface area contributed by atoms with Gasteiger partial charge in [-0.2, -0.15) is 0 Å². The summed E-state index contributed by atoms with van der Waals surface area (Å²) in [4.78, 5) is 27.0. The van der Waals surface area contributed by atoms with Gasteiger partial charge in [0.1, 0.15) is 5.65 Å². The number of aromatic amines is 1. The second-order valence-electron chi connectivity index (χ2n) is 5.94. The van der Waals surface area contributed by atoms with Gasteiger partial charge in [0.2, 0.25) is 5.91 Å². The predicted molar refractivity (Wildman–Crippen MR) is 90.5 cm³/mol. The van der Waals surface area contributed by atoms with E-state index in [9.17, 15) is 4.79 Å². The van der Waals surface area contributed by atoms with E-state index in [1.165, 1.54) is 10.9 Å². The molecule has 0 saturated carbocycles. The summed E-state index contributed by atoms with van der Waals surface area (Å²) in [5, 5.41) is 1.21. The Kier molecular flexibility index (Phi) is 3.83. The molecule has 23 heavy (non-hydrogen) atoms. The molecule has 1 saturated heterocycles. The van der Waals surface area contributed by atoms with Crippen LogP contribution in [0.2, 0.25) is 0 Å². The van der Waals surface area contributed by atoms with E-state index in [4.69, 9.17) is 0 Å². The first-order chi connectivity index (χ1) is 11.3. The highest BCUT2D eigenvalue weighted by Crippen LogP contribution is 2.32. The molecule has 118 valence electrons. The lowest BCUT2D eigenvalue weighted by Crippen LogP contribution is -2.38. The average Bonchev–Trinajstić information content (AvgIpc) is 3.24. The number of nitrogens with zero attached hydrogens (tertiary/aromatic N) is 3. The first kappa shape index (κ1) is 14.4. The van der Waals surface area contributed by atoms with Crippen molar-refractivity contribution in [3.05, 3.63) is 46.7 Å². The van der Waals surface area contributed by atoms with E-state index < -0.39 is 0 Å². The second kappa shape index (κ2) is 6.12. The van der Waals surface area contributed by atoms with Crippen molar-refractivity contribution < 1.29 is 4.79 Å². The molecule has 4 rings (SSSR count). The summed E-state index contributed by atoms with van der Waals surface area (Å²) in [6.07, 6.45) is 8.17. The lowest BCUT2D eigenvalue weighted by atomic mass is 9.89. The molecule has 0 aliphatic carbocycles. The molecule has 0 spiro atoms. The molecule has 0 radical (unpaired) electrons. The van der Waals surface area contributed by atoms with Gasteiger partial charge in [0.05, 0.1) is 11.9 Å². The van der Waals surface area contributed by atoms with Crippen molar-refractivity contribution in [1.29, 1.82) is 0 Å². The minimum atomic E-state index is 0.216. The van der Waals surface area contributed by atoms with Crippen LogP contribution in [0, 0.1) is 0 Å². The van der Waals surface area contributed by atoms with E-state index in [1.54, 1.807) is 23.0 Å². The monoisotopic (exact) mass is 326 g/mol. The van der Waals surface area contributed by atoms with Crippen molar-refractivity contribution in [2.24, 2.45) is 0 Å². The molecular formula is C17H18N4OS. The Bertz CT molecular complexity index is 803.